The zero-order valence-corrected chi connectivity index (χ0v) is 15.2. The van der Waals surface area contributed by atoms with E-state index >= 15 is 0 Å². The molecule has 0 bridgehead atoms. The van der Waals surface area contributed by atoms with Crippen molar-refractivity contribution in [2.75, 3.05) is 28.4 Å². The molecular formula is C19H18O8. The molecule has 8 heteroatoms. The molecule has 0 spiro atoms. The third-order valence-electron chi connectivity index (χ3n) is 4.11. The first kappa shape index (κ1) is 18.2. The van der Waals surface area contributed by atoms with E-state index in [1.54, 1.807) is 18.2 Å². The van der Waals surface area contributed by atoms with Gasteiger partial charge in [-0.25, -0.2) is 0 Å². The number of fused-ring (bicyclic) bond motifs is 1. The van der Waals surface area contributed by atoms with Crippen LogP contribution in [0.3, 0.4) is 0 Å². The fourth-order valence-electron chi connectivity index (χ4n) is 2.91. The lowest BCUT2D eigenvalue weighted by atomic mass is 10.1. The highest BCUT2D eigenvalue weighted by Gasteiger charge is 2.29. The molecule has 0 aliphatic carbocycles. The Kier molecular flexibility index (Phi) is 4.72. The number of rotatable bonds is 5. The number of ether oxygens (including phenoxy) is 4. The summed E-state index contributed by atoms with van der Waals surface area (Å²) in [5, 5.41) is 20.5. The Morgan fingerprint density at radius 2 is 1.41 bits per heavy atom. The first-order valence-electron chi connectivity index (χ1n) is 7.84. The molecule has 0 aliphatic rings. The molecule has 0 atom stereocenters. The standard InChI is InChI=1S/C19H18O8/c1-23-16-12(21)11-13(22)17(24-2)19(26-4)18(25-3)15(11)27-14(16)9-7-5-6-8-10(9)20/h5-8,20,22H,1-4H3. The van der Waals surface area contributed by atoms with E-state index in [2.05, 4.69) is 0 Å². The van der Waals surface area contributed by atoms with Crippen LogP contribution in [-0.2, 0) is 0 Å². The molecule has 1 aromatic heterocycles. The third kappa shape index (κ3) is 2.66. The molecule has 3 aromatic rings. The molecule has 3 rings (SSSR count). The summed E-state index contributed by atoms with van der Waals surface area (Å²) < 4.78 is 26.9. The summed E-state index contributed by atoms with van der Waals surface area (Å²) in [4.78, 5) is 13.0. The molecule has 0 amide bonds. The van der Waals surface area contributed by atoms with Crippen molar-refractivity contribution in [2.24, 2.45) is 0 Å². The highest BCUT2D eigenvalue weighted by atomic mass is 16.5. The quantitative estimate of drug-likeness (QED) is 0.702. The summed E-state index contributed by atoms with van der Waals surface area (Å²) in [6.07, 6.45) is 0. The molecule has 0 aliphatic heterocycles. The number of phenolic OH excluding ortho intramolecular Hbond substituents is 2. The second-order valence-corrected chi connectivity index (χ2v) is 5.46. The van der Waals surface area contributed by atoms with Gasteiger partial charge in [0.25, 0.3) is 0 Å². The van der Waals surface area contributed by atoms with Gasteiger partial charge >= 0.3 is 0 Å². The van der Waals surface area contributed by atoms with E-state index in [0.717, 1.165) is 0 Å². The smallest absolute Gasteiger partial charge is 0.239 e. The van der Waals surface area contributed by atoms with Gasteiger partial charge in [0.1, 0.15) is 11.1 Å². The van der Waals surface area contributed by atoms with Crippen LogP contribution in [0.2, 0.25) is 0 Å². The van der Waals surface area contributed by atoms with Gasteiger partial charge in [0.05, 0.1) is 34.0 Å². The number of hydrogen-bond donors (Lipinski definition) is 2. The normalized spacial score (nSPS) is 10.7. The lowest BCUT2D eigenvalue weighted by Gasteiger charge is -2.17. The van der Waals surface area contributed by atoms with E-state index in [0.29, 0.717) is 0 Å². The second-order valence-electron chi connectivity index (χ2n) is 5.46. The Hall–Kier alpha value is -3.55. The average Bonchev–Trinajstić information content (AvgIpc) is 2.67. The molecule has 2 N–H and O–H groups in total. The van der Waals surface area contributed by atoms with Crippen LogP contribution in [0.25, 0.3) is 22.3 Å². The summed E-state index contributed by atoms with van der Waals surface area (Å²) in [5.41, 5.74) is -0.491. The van der Waals surface area contributed by atoms with E-state index < -0.39 is 11.2 Å². The molecule has 27 heavy (non-hydrogen) atoms. The molecule has 0 fully saturated rings. The zero-order valence-electron chi connectivity index (χ0n) is 15.2. The Bertz CT molecular complexity index is 1070. The molecule has 0 unspecified atom stereocenters. The van der Waals surface area contributed by atoms with E-state index in [4.69, 9.17) is 23.4 Å². The molecule has 2 aromatic carbocycles. The maximum absolute atomic E-state index is 13.0. The van der Waals surface area contributed by atoms with Gasteiger partial charge in [-0.2, -0.15) is 0 Å². The number of phenols is 2. The second kappa shape index (κ2) is 6.99. The predicted molar refractivity (Wildman–Crippen MR) is 97.5 cm³/mol. The molecule has 8 nitrogen and oxygen atoms in total. The highest BCUT2D eigenvalue weighted by Crippen LogP contribution is 2.51. The summed E-state index contributed by atoms with van der Waals surface area (Å²) in [5.74, 6) is -0.749. The van der Waals surface area contributed by atoms with E-state index in [9.17, 15) is 15.0 Å². The molecule has 1 heterocycles. The Morgan fingerprint density at radius 1 is 0.815 bits per heavy atom. The molecule has 0 saturated heterocycles. The Balaban J connectivity index is 2.56. The minimum absolute atomic E-state index is 0.0157. The van der Waals surface area contributed by atoms with Crippen molar-refractivity contribution in [3.63, 3.8) is 0 Å². The predicted octanol–water partition coefficient (Wildman–Crippen LogP) is 2.91. The third-order valence-corrected chi connectivity index (χ3v) is 4.11. The van der Waals surface area contributed by atoms with Crippen LogP contribution in [0.15, 0.2) is 33.5 Å². The largest absolute Gasteiger partial charge is 0.507 e. The number of aromatic hydroxyl groups is 2. The van der Waals surface area contributed by atoms with E-state index in [-0.39, 0.29) is 51.0 Å². The van der Waals surface area contributed by atoms with Gasteiger partial charge < -0.3 is 33.6 Å². The first-order chi connectivity index (χ1) is 13.0. The maximum atomic E-state index is 13.0. The number of hydrogen-bond acceptors (Lipinski definition) is 8. The number of methoxy groups -OCH3 is 4. The van der Waals surface area contributed by atoms with E-state index in [1.807, 2.05) is 0 Å². The van der Waals surface area contributed by atoms with Crippen LogP contribution in [0, 0.1) is 0 Å². The minimum atomic E-state index is -0.659. The van der Waals surface area contributed by atoms with Crippen molar-refractivity contribution in [1.82, 2.24) is 0 Å². The number of benzene rings is 2. The Morgan fingerprint density at radius 3 is 1.96 bits per heavy atom. The topological polar surface area (TPSA) is 108 Å². The fraction of sp³-hybridized carbons (Fsp3) is 0.211. The van der Waals surface area contributed by atoms with Gasteiger partial charge in [0.15, 0.2) is 17.1 Å². The van der Waals surface area contributed by atoms with Crippen molar-refractivity contribution in [3.8, 4) is 45.8 Å². The molecule has 0 radical (unpaired) electrons. The van der Waals surface area contributed by atoms with Gasteiger partial charge in [-0.3, -0.25) is 4.79 Å². The lowest BCUT2D eigenvalue weighted by molar-refractivity contribution is 0.310. The van der Waals surface area contributed by atoms with Crippen molar-refractivity contribution in [1.29, 1.82) is 0 Å². The van der Waals surface area contributed by atoms with Crippen LogP contribution in [0.5, 0.6) is 34.5 Å². The average molecular weight is 374 g/mol. The molecular weight excluding hydrogens is 356 g/mol. The molecule has 142 valence electrons. The van der Waals surface area contributed by atoms with Crippen LogP contribution in [-0.4, -0.2) is 38.7 Å². The van der Waals surface area contributed by atoms with Gasteiger partial charge in [-0.15, -0.1) is 0 Å². The van der Waals surface area contributed by atoms with Gasteiger partial charge in [-0.05, 0) is 12.1 Å². The van der Waals surface area contributed by atoms with Crippen LogP contribution >= 0.6 is 0 Å². The van der Waals surface area contributed by atoms with Crippen molar-refractivity contribution >= 4 is 11.0 Å². The summed E-state index contributed by atoms with van der Waals surface area (Å²) in [7, 11) is 5.32. The summed E-state index contributed by atoms with van der Waals surface area (Å²) in [6, 6.07) is 6.31. The summed E-state index contributed by atoms with van der Waals surface area (Å²) >= 11 is 0. The van der Waals surface area contributed by atoms with Gasteiger partial charge in [0.2, 0.25) is 28.4 Å². The fourth-order valence-corrected chi connectivity index (χ4v) is 2.91. The summed E-state index contributed by atoms with van der Waals surface area (Å²) in [6.45, 7) is 0. The van der Waals surface area contributed by atoms with Crippen molar-refractivity contribution in [3.05, 3.63) is 34.5 Å². The van der Waals surface area contributed by atoms with Crippen LogP contribution < -0.4 is 24.4 Å². The highest BCUT2D eigenvalue weighted by molar-refractivity contribution is 5.96. The molecule has 0 saturated carbocycles. The lowest BCUT2D eigenvalue weighted by Crippen LogP contribution is -2.09. The van der Waals surface area contributed by atoms with Gasteiger partial charge in [-0.1, -0.05) is 12.1 Å². The maximum Gasteiger partial charge on any atom is 0.239 e. The SMILES string of the molecule is COc1c(OC)c(O)c2c(=O)c(OC)c(-c3ccccc3O)oc2c1OC. The monoisotopic (exact) mass is 374 g/mol. The minimum Gasteiger partial charge on any atom is -0.507 e. The van der Waals surface area contributed by atoms with Crippen molar-refractivity contribution < 1.29 is 33.6 Å². The number of para-hydroxylation sites is 1. The zero-order chi connectivity index (χ0) is 19.7. The Labute approximate surface area is 154 Å². The van der Waals surface area contributed by atoms with E-state index in [1.165, 1.54) is 34.5 Å². The first-order valence-corrected chi connectivity index (χ1v) is 7.84. The van der Waals surface area contributed by atoms with Crippen LogP contribution in [0.1, 0.15) is 0 Å². The van der Waals surface area contributed by atoms with Crippen LogP contribution in [0.4, 0.5) is 0 Å². The van der Waals surface area contributed by atoms with Gasteiger partial charge in [0, 0.05) is 0 Å². The van der Waals surface area contributed by atoms with Crippen molar-refractivity contribution in [2.45, 2.75) is 0 Å².